The summed E-state index contributed by atoms with van der Waals surface area (Å²) in [6.45, 7) is 0.812. The van der Waals surface area contributed by atoms with Crippen molar-refractivity contribution in [2.75, 3.05) is 13.7 Å². The zero-order chi connectivity index (χ0) is 16.5. The van der Waals surface area contributed by atoms with Gasteiger partial charge in [0.2, 0.25) is 0 Å². The average molecular weight is 326 g/mol. The summed E-state index contributed by atoms with van der Waals surface area (Å²) in [6.07, 6.45) is 9.10. The number of benzene rings is 1. The Bertz CT molecular complexity index is 718. The molecular formula is C20H26N2O2. The zero-order valence-corrected chi connectivity index (χ0v) is 14.3. The van der Waals surface area contributed by atoms with Gasteiger partial charge in [0.1, 0.15) is 11.5 Å². The summed E-state index contributed by atoms with van der Waals surface area (Å²) < 4.78 is 11.4. The molecule has 1 atom stereocenters. The predicted octanol–water partition coefficient (Wildman–Crippen LogP) is 3.70. The molecule has 4 rings (SSSR count). The quantitative estimate of drug-likeness (QED) is 0.934. The Morgan fingerprint density at radius 2 is 2.04 bits per heavy atom. The van der Waals surface area contributed by atoms with Crippen LogP contribution in [0.1, 0.15) is 37.7 Å². The van der Waals surface area contributed by atoms with E-state index in [1.807, 2.05) is 18.3 Å². The topological polar surface area (TPSA) is 57.4 Å². The number of fused-ring (bicyclic) bond motifs is 3. The fraction of sp³-hybridized carbons (Fsp3) is 0.550. The lowest BCUT2D eigenvalue weighted by atomic mass is 9.79. The summed E-state index contributed by atoms with van der Waals surface area (Å²) in [5.74, 6) is 3.22. The number of methoxy groups -OCH3 is 1. The predicted molar refractivity (Wildman–Crippen MR) is 95.5 cm³/mol. The highest BCUT2D eigenvalue weighted by atomic mass is 16.5. The normalized spacial score (nSPS) is 26.7. The van der Waals surface area contributed by atoms with Crippen LogP contribution in [0, 0.1) is 11.8 Å². The lowest BCUT2D eigenvalue weighted by Gasteiger charge is -2.32. The van der Waals surface area contributed by atoms with Gasteiger partial charge in [0.05, 0.1) is 25.4 Å². The van der Waals surface area contributed by atoms with E-state index in [0.717, 1.165) is 36.0 Å². The van der Waals surface area contributed by atoms with Crippen molar-refractivity contribution in [1.29, 1.82) is 0 Å². The highest BCUT2D eigenvalue weighted by molar-refractivity contribution is 5.85. The Morgan fingerprint density at radius 3 is 2.83 bits per heavy atom. The minimum atomic E-state index is 0.423. The van der Waals surface area contributed by atoms with Gasteiger partial charge >= 0.3 is 0 Å². The lowest BCUT2D eigenvalue weighted by molar-refractivity contribution is 0.178. The lowest BCUT2D eigenvalue weighted by Crippen LogP contribution is -2.29. The van der Waals surface area contributed by atoms with Gasteiger partial charge in [-0.25, -0.2) is 0 Å². The van der Waals surface area contributed by atoms with Gasteiger partial charge < -0.3 is 15.2 Å². The third-order valence-corrected chi connectivity index (χ3v) is 5.67. The van der Waals surface area contributed by atoms with Crippen molar-refractivity contribution >= 4 is 10.9 Å². The second-order valence-corrected chi connectivity index (χ2v) is 7.38. The average Bonchev–Trinajstić information content (AvgIpc) is 2.63. The Balaban J connectivity index is 1.55. The minimum Gasteiger partial charge on any atom is -0.497 e. The van der Waals surface area contributed by atoms with Crippen molar-refractivity contribution in [1.82, 2.24) is 4.98 Å². The summed E-state index contributed by atoms with van der Waals surface area (Å²) in [4.78, 5) is 4.52. The number of nitrogens with two attached hydrogens (primary N) is 1. The molecule has 1 aromatic carbocycles. The molecule has 0 spiro atoms. The van der Waals surface area contributed by atoms with Crippen molar-refractivity contribution in [2.45, 2.75) is 44.6 Å². The molecule has 2 heterocycles. The zero-order valence-electron chi connectivity index (χ0n) is 14.3. The van der Waals surface area contributed by atoms with Crippen LogP contribution < -0.4 is 15.2 Å². The van der Waals surface area contributed by atoms with Crippen molar-refractivity contribution in [3.05, 3.63) is 30.0 Å². The van der Waals surface area contributed by atoms with E-state index in [-0.39, 0.29) is 0 Å². The number of ether oxygens (including phenoxy) is 2. The molecule has 2 N–H and O–H groups in total. The van der Waals surface area contributed by atoms with Crippen LogP contribution in [0.4, 0.5) is 0 Å². The maximum Gasteiger partial charge on any atom is 0.141 e. The van der Waals surface area contributed by atoms with Gasteiger partial charge in [-0.05, 0) is 68.6 Å². The first-order valence-electron chi connectivity index (χ1n) is 9.07. The smallest absolute Gasteiger partial charge is 0.141 e. The van der Waals surface area contributed by atoms with Gasteiger partial charge in [0.15, 0.2) is 0 Å². The van der Waals surface area contributed by atoms with Crippen molar-refractivity contribution in [3.8, 4) is 11.5 Å². The number of rotatable bonds is 3. The number of hydrogen-bond acceptors (Lipinski definition) is 4. The van der Waals surface area contributed by atoms with Gasteiger partial charge in [0.25, 0.3) is 0 Å². The van der Waals surface area contributed by atoms with Crippen LogP contribution >= 0.6 is 0 Å². The summed E-state index contributed by atoms with van der Waals surface area (Å²) in [6, 6.07) is 6.51. The van der Waals surface area contributed by atoms with Crippen molar-refractivity contribution < 1.29 is 9.47 Å². The molecule has 0 bridgehead atoms. The maximum absolute atomic E-state index is 6.05. The largest absolute Gasteiger partial charge is 0.497 e. The Labute approximate surface area is 143 Å². The molecule has 1 aromatic heterocycles. The number of aromatic nitrogens is 1. The molecule has 1 saturated carbocycles. The molecule has 24 heavy (non-hydrogen) atoms. The molecule has 0 radical (unpaired) electrons. The summed E-state index contributed by atoms with van der Waals surface area (Å²) in [7, 11) is 1.71. The number of hydrogen-bond donors (Lipinski definition) is 1. The number of pyridine rings is 1. The van der Waals surface area contributed by atoms with Gasteiger partial charge in [-0.1, -0.05) is 0 Å². The second-order valence-electron chi connectivity index (χ2n) is 7.38. The van der Waals surface area contributed by atoms with E-state index >= 15 is 0 Å². The summed E-state index contributed by atoms with van der Waals surface area (Å²) in [5.41, 5.74) is 8.35. The van der Waals surface area contributed by atoms with E-state index in [1.165, 1.54) is 43.1 Å². The van der Waals surface area contributed by atoms with Crippen LogP contribution in [0.15, 0.2) is 24.4 Å². The van der Waals surface area contributed by atoms with Gasteiger partial charge in [-0.15, -0.1) is 0 Å². The Morgan fingerprint density at radius 1 is 1.21 bits per heavy atom. The van der Waals surface area contributed by atoms with Crippen LogP contribution in [0.2, 0.25) is 0 Å². The Kier molecular flexibility index (Phi) is 4.31. The molecule has 4 heteroatoms. The van der Waals surface area contributed by atoms with E-state index in [9.17, 15) is 0 Å². The third kappa shape index (κ3) is 3.07. The monoisotopic (exact) mass is 326 g/mol. The molecule has 4 nitrogen and oxygen atoms in total. The SMILES string of the molecule is COc1ccc2ncc3c(c2c1)CC(C[C@H]1CC[C@H](N)CC1)CO3. The molecule has 2 aromatic rings. The first-order valence-corrected chi connectivity index (χ1v) is 9.07. The molecule has 0 saturated heterocycles. The molecule has 1 aliphatic carbocycles. The van der Waals surface area contributed by atoms with Gasteiger partial charge in [-0.3, -0.25) is 4.98 Å². The molecular weight excluding hydrogens is 300 g/mol. The van der Waals surface area contributed by atoms with Crippen molar-refractivity contribution in [3.63, 3.8) is 0 Å². The minimum absolute atomic E-state index is 0.423. The molecule has 2 aliphatic rings. The second kappa shape index (κ2) is 6.60. The van der Waals surface area contributed by atoms with Crippen LogP contribution in [-0.4, -0.2) is 24.7 Å². The standard InChI is InChI=1S/C20H26N2O2/c1-23-16-6-7-19-17(10-16)18-9-14(12-24-20(18)11-22-19)8-13-2-4-15(21)5-3-13/h6-7,10-11,13-15H,2-5,8-9,12,21H2,1H3/t13-,14?,15-. The van der Waals surface area contributed by atoms with Crippen LogP contribution in [-0.2, 0) is 6.42 Å². The summed E-state index contributed by atoms with van der Waals surface area (Å²) in [5, 5.41) is 1.17. The van der Waals surface area contributed by atoms with Gasteiger partial charge in [-0.2, -0.15) is 0 Å². The molecule has 1 unspecified atom stereocenters. The molecule has 1 fully saturated rings. The first-order chi connectivity index (χ1) is 11.7. The van der Waals surface area contributed by atoms with Crippen molar-refractivity contribution in [2.24, 2.45) is 17.6 Å². The van der Waals surface area contributed by atoms with Crippen LogP contribution in [0.5, 0.6) is 11.5 Å². The summed E-state index contributed by atoms with van der Waals surface area (Å²) >= 11 is 0. The van der Waals surface area contributed by atoms with Gasteiger partial charge in [0, 0.05) is 17.0 Å². The Hall–Kier alpha value is -1.81. The number of nitrogens with zero attached hydrogens (tertiary/aromatic N) is 1. The van der Waals surface area contributed by atoms with E-state index in [4.69, 9.17) is 15.2 Å². The maximum atomic E-state index is 6.05. The van der Waals surface area contributed by atoms with E-state index < -0.39 is 0 Å². The fourth-order valence-electron chi connectivity index (χ4n) is 4.27. The van der Waals surface area contributed by atoms with E-state index in [0.29, 0.717) is 12.0 Å². The van der Waals surface area contributed by atoms with Crippen LogP contribution in [0.25, 0.3) is 10.9 Å². The fourth-order valence-corrected chi connectivity index (χ4v) is 4.27. The molecule has 128 valence electrons. The third-order valence-electron chi connectivity index (χ3n) is 5.67. The molecule has 0 amide bonds. The van der Waals surface area contributed by atoms with E-state index in [1.54, 1.807) is 7.11 Å². The highest BCUT2D eigenvalue weighted by Crippen LogP contribution is 2.37. The highest BCUT2D eigenvalue weighted by Gasteiger charge is 2.27. The van der Waals surface area contributed by atoms with Crippen LogP contribution in [0.3, 0.4) is 0 Å². The molecule has 1 aliphatic heterocycles. The van der Waals surface area contributed by atoms with E-state index in [2.05, 4.69) is 11.1 Å². The first kappa shape index (κ1) is 15.7.